The van der Waals surface area contributed by atoms with E-state index in [1.165, 1.54) is 17.1 Å². The molecule has 0 saturated carbocycles. The van der Waals surface area contributed by atoms with Crippen LogP contribution in [-0.2, 0) is 6.54 Å². The lowest BCUT2D eigenvalue weighted by molar-refractivity contribution is 0.501. The minimum absolute atomic E-state index is 0.184. The van der Waals surface area contributed by atoms with Gasteiger partial charge in [-0.15, -0.1) is 0 Å². The fraction of sp³-hybridized carbons (Fsp3) is 0.0833. The van der Waals surface area contributed by atoms with Crippen molar-refractivity contribution in [2.24, 2.45) is 0 Å². The lowest BCUT2D eigenvalue weighted by Crippen LogP contribution is -2.21. The van der Waals surface area contributed by atoms with E-state index in [1.807, 2.05) is 0 Å². The predicted octanol–water partition coefficient (Wildman–Crippen LogP) is 1.78. The molecule has 0 aliphatic carbocycles. The maximum Gasteiger partial charge on any atom is 0.268 e. The van der Waals surface area contributed by atoms with Crippen molar-refractivity contribution in [1.29, 1.82) is 0 Å². The number of nitrogen functional groups attached to an aromatic ring is 1. The van der Waals surface area contributed by atoms with Crippen LogP contribution in [0.3, 0.4) is 0 Å². The van der Waals surface area contributed by atoms with Gasteiger partial charge in [0, 0.05) is 11.9 Å². The summed E-state index contributed by atoms with van der Waals surface area (Å²) in [6, 6.07) is 5.22. The Bertz CT molecular complexity index is 809. The van der Waals surface area contributed by atoms with Crippen LogP contribution in [0.15, 0.2) is 44.4 Å². The average molecular weight is 321 g/mol. The summed E-state index contributed by atoms with van der Waals surface area (Å²) in [5.41, 5.74) is 7.42. The smallest absolute Gasteiger partial charge is 0.268 e. The van der Waals surface area contributed by atoms with Crippen LogP contribution >= 0.6 is 15.9 Å². The fourth-order valence-corrected chi connectivity index (χ4v) is 2.09. The minimum Gasteiger partial charge on any atom is -0.439 e. The first kappa shape index (κ1) is 11.9. The van der Waals surface area contributed by atoms with Gasteiger partial charge in [0.25, 0.3) is 5.56 Å². The Kier molecular flexibility index (Phi) is 2.83. The Labute approximate surface area is 116 Å². The molecule has 7 heteroatoms. The van der Waals surface area contributed by atoms with Gasteiger partial charge in [0.15, 0.2) is 5.58 Å². The van der Waals surface area contributed by atoms with Gasteiger partial charge in [-0.05, 0) is 34.1 Å². The van der Waals surface area contributed by atoms with E-state index >= 15 is 0 Å². The highest BCUT2D eigenvalue weighted by Crippen LogP contribution is 2.18. The lowest BCUT2D eigenvalue weighted by Gasteiger charge is -2.00. The van der Waals surface area contributed by atoms with Crippen molar-refractivity contribution >= 4 is 32.7 Å². The molecule has 3 aromatic rings. The first-order valence-electron chi connectivity index (χ1n) is 5.48. The quantitative estimate of drug-likeness (QED) is 0.727. The number of fused-ring (bicyclic) bond motifs is 1. The first-order chi connectivity index (χ1) is 9.13. The van der Waals surface area contributed by atoms with Crippen LogP contribution in [0.25, 0.3) is 11.1 Å². The van der Waals surface area contributed by atoms with Gasteiger partial charge in [0.2, 0.25) is 5.89 Å². The van der Waals surface area contributed by atoms with E-state index in [0.717, 1.165) is 0 Å². The number of aromatic nitrogens is 3. The van der Waals surface area contributed by atoms with Crippen LogP contribution in [0.2, 0.25) is 0 Å². The number of halogens is 1. The molecule has 2 aromatic heterocycles. The highest BCUT2D eigenvalue weighted by molar-refractivity contribution is 9.10. The van der Waals surface area contributed by atoms with Crippen LogP contribution < -0.4 is 11.3 Å². The van der Waals surface area contributed by atoms with Crippen molar-refractivity contribution in [1.82, 2.24) is 14.5 Å². The number of anilines is 1. The normalized spacial score (nSPS) is 11.0. The molecule has 6 nitrogen and oxygen atoms in total. The molecule has 2 N–H and O–H groups in total. The first-order valence-corrected chi connectivity index (χ1v) is 6.27. The standard InChI is InChI=1S/C12H9BrN4O2/c13-8-4-15-6-17(12(8)18)5-11-16-9-3-7(14)1-2-10(9)19-11/h1-4,6H,5,14H2. The molecular weight excluding hydrogens is 312 g/mol. The summed E-state index contributed by atoms with van der Waals surface area (Å²) in [7, 11) is 0. The van der Waals surface area contributed by atoms with E-state index in [2.05, 4.69) is 25.9 Å². The van der Waals surface area contributed by atoms with E-state index in [-0.39, 0.29) is 12.1 Å². The van der Waals surface area contributed by atoms with Gasteiger partial charge in [-0.25, -0.2) is 9.97 Å². The van der Waals surface area contributed by atoms with Gasteiger partial charge in [-0.1, -0.05) is 0 Å². The lowest BCUT2D eigenvalue weighted by atomic mass is 10.3. The number of nitrogens with zero attached hydrogens (tertiary/aromatic N) is 3. The van der Waals surface area contributed by atoms with Crippen molar-refractivity contribution in [3.63, 3.8) is 0 Å². The highest BCUT2D eigenvalue weighted by atomic mass is 79.9. The van der Waals surface area contributed by atoms with Gasteiger partial charge in [-0.2, -0.15) is 0 Å². The molecule has 0 saturated heterocycles. The van der Waals surface area contributed by atoms with Crippen LogP contribution in [0.5, 0.6) is 0 Å². The molecule has 0 aliphatic rings. The summed E-state index contributed by atoms with van der Waals surface area (Å²) in [5.74, 6) is 0.433. The van der Waals surface area contributed by atoms with E-state index in [4.69, 9.17) is 10.2 Å². The number of nitrogens with two attached hydrogens (primary N) is 1. The average Bonchev–Trinajstić information content (AvgIpc) is 2.76. The van der Waals surface area contributed by atoms with Gasteiger partial charge in [-0.3, -0.25) is 9.36 Å². The molecule has 3 rings (SSSR count). The van der Waals surface area contributed by atoms with Crippen LogP contribution in [-0.4, -0.2) is 14.5 Å². The van der Waals surface area contributed by atoms with Gasteiger partial charge >= 0.3 is 0 Å². The molecule has 0 bridgehead atoms. The van der Waals surface area contributed by atoms with E-state index < -0.39 is 0 Å². The van der Waals surface area contributed by atoms with Crippen molar-refractivity contribution in [2.45, 2.75) is 6.54 Å². The largest absolute Gasteiger partial charge is 0.439 e. The molecule has 0 amide bonds. The number of rotatable bonds is 2. The molecule has 1 aromatic carbocycles. The number of oxazole rings is 1. The van der Waals surface area contributed by atoms with Crippen LogP contribution in [0, 0.1) is 0 Å². The second-order valence-electron chi connectivity index (χ2n) is 4.01. The van der Waals surface area contributed by atoms with Crippen LogP contribution in [0.4, 0.5) is 5.69 Å². The third-order valence-corrected chi connectivity index (χ3v) is 3.16. The Balaban J connectivity index is 2.01. The molecule has 2 heterocycles. The third kappa shape index (κ3) is 2.24. The zero-order valence-corrected chi connectivity index (χ0v) is 11.3. The second kappa shape index (κ2) is 4.51. The molecule has 96 valence electrons. The molecule has 19 heavy (non-hydrogen) atoms. The minimum atomic E-state index is -0.184. The SMILES string of the molecule is Nc1ccc2oc(Cn3cncc(Br)c3=O)nc2c1. The molecule has 0 radical (unpaired) electrons. The van der Waals surface area contributed by atoms with Crippen LogP contribution in [0.1, 0.15) is 5.89 Å². The zero-order chi connectivity index (χ0) is 13.4. The summed E-state index contributed by atoms with van der Waals surface area (Å²) in [6.45, 7) is 0.222. The van der Waals surface area contributed by atoms with Crippen molar-refractivity contribution < 1.29 is 4.42 Å². The zero-order valence-electron chi connectivity index (χ0n) is 9.71. The van der Waals surface area contributed by atoms with E-state index in [9.17, 15) is 4.79 Å². The van der Waals surface area contributed by atoms with Crippen molar-refractivity contribution in [2.75, 3.05) is 5.73 Å². The Morgan fingerprint density at radius 3 is 3.11 bits per heavy atom. The maximum atomic E-state index is 11.8. The number of benzene rings is 1. The Hall–Kier alpha value is -2.15. The fourth-order valence-electron chi connectivity index (χ4n) is 1.74. The molecule has 0 atom stereocenters. The highest BCUT2D eigenvalue weighted by Gasteiger charge is 2.08. The summed E-state index contributed by atoms with van der Waals surface area (Å²) in [6.07, 6.45) is 2.89. The summed E-state index contributed by atoms with van der Waals surface area (Å²) < 4.78 is 7.37. The van der Waals surface area contributed by atoms with E-state index in [1.54, 1.807) is 18.2 Å². The van der Waals surface area contributed by atoms with Gasteiger partial charge < -0.3 is 10.2 Å². The second-order valence-corrected chi connectivity index (χ2v) is 4.86. The molecule has 0 unspecified atom stereocenters. The third-order valence-electron chi connectivity index (χ3n) is 2.62. The van der Waals surface area contributed by atoms with Gasteiger partial charge in [0.1, 0.15) is 16.5 Å². The van der Waals surface area contributed by atoms with Gasteiger partial charge in [0.05, 0.1) is 6.33 Å². The predicted molar refractivity (Wildman–Crippen MR) is 73.7 cm³/mol. The van der Waals surface area contributed by atoms with E-state index in [0.29, 0.717) is 27.2 Å². The summed E-state index contributed by atoms with van der Waals surface area (Å²) >= 11 is 3.14. The number of hydrogen-bond donors (Lipinski definition) is 1. The number of hydrogen-bond acceptors (Lipinski definition) is 5. The topological polar surface area (TPSA) is 86.9 Å². The summed E-state index contributed by atoms with van der Waals surface area (Å²) in [4.78, 5) is 20.1. The Morgan fingerprint density at radius 2 is 2.26 bits per heavy atom. The molecule has 0 spiro atoms. The monoisotopic (exact) mass is 320 g/mol. The summed E-state index contributed by atoms with van der Waals surface area (Å²) in [5, 5.41) is 0. The van der Waals surface area contributed by atoms with Crippen molar-refractivity contribution in [3.05, 3.63) is 51.4 Å². The molecule has 0 fully saturated rings. The Morgan fingerprint density at radius 1 is 1.42 bits per heavy atom. The van der Waals surface area contributed by atoms with Crippen molar-refractivity contribution in [3.8, 4) is 0 Å². The molecular formula is C12H9BrN4O2. The molecule has 0 aliphatic heterocycles. The maximum absolute atomic E-state index is 11.8.